The van der Waals surface area contributed by atoms with E-state index >= 15 is 0 Å². The van der Waals surface area contributed by atoms with Gasteiger partial charge in [-0.25, -0.2) is 0 Å². The molecule has 1 spiro atoms. The average Bonchev–Trinajstić information content (AvgIpc) is 2.76. The van der Waals surface area contributed by atoms with E-state index in [0.717, 1.165) is 6.54 Å². The van der Waals surface area contributed by atoms with E-state index in [0.29, 0.717) is 5.91 Å². The van der Waals surface area contributed by atoms with Crippen LogP contribution in [0.25, 0.3) is 0 Å². The van der Waals surface area contributed by atoms with Crippen LogP contribution in [0.5, 0.6) is 0 Å². The summed E-state index contributed by atoms with van der Waals surface area (Å²) < 4.78 is 0. The van der Waals surface area contributed by atoms with E-state index in [2.05, 4.69) is 24.5 Å². The minimum atomic E-state index is -1.46. The fourth-order valence-electron chi connectivity index (χ4n) is 4.08. The Hall–Kier alpha value is -0.573. The maximum absolute atomic E-state index is 12.5. The Morgan fingerprint density at radius 1 is 1.19 bits per heavy atom. The molecule has 1 aliphatic carbocycles. The quantitative estimate of drug-likeness (QED) is 0.640. The Balaban J connectivity index is 2.17. The van der Waals surface area contributed by atoms with Gasteiger partial charge in [0.1, 0.15) is 0 Å². The first-order valence-corrected chi connectivity index (χ1v) is 10.0. The number of amides is 1. The van der Waals surface area contributed by atoms with Crippen LogP contribution in [-0.4, -0.2) is 31.0 Å². The van der Waals surface area contributed by atoms with Crippen molar-refractivity contribution in [1.82, 2.24) is 4.90 Å². The highest BCUT2D eigenvalue weighted by molar-refractivity contribution is 6.87. The molecule has 0 radical (unpaired) electrons. The second-order valence-corrected chi connectivity index (χ2v) is 11.5. The van der Waals surface area contributed by atoms with Crippen molar-refractivity contribution in [3.63, 3.8) is 0 Å². The third kappa shape index (κ3) is 1.10. The molecule has 3 rings (SSSR count). The van der Waals surface area contributed by atoms with Gasteiger partial charge in [0.25, 0.3) is 0 Å². The van der Waals surface area contributed by atoms with Crippen LogP contribution < -0.4 is 0 Å². The lowest BCUT2D eigenvalue weighted by atomic mass is 9.92. The normalized spacial score (nSPS) is 33.7. The van der Waals surface area contributed by atoms with Gasteiger partial charge in [-0.2, -0.15) is 0 Å². The molecule has 16 heavy (non-hydrogen) atoms. The van der Waals surface area contributed by atoms with Crippen LogP contribution in [0.1, 0.15) is 32.1 Å². The monoisotopic (exact) mass is 235 g/mol. The number of hydrogen-bond donors (Lipinski definition) is 0. The molecular weight excluding hydrogens is 214 g/mol. The van der Waals surface area contributed by atoms with E-state index in [4.69, 9.17) is 0 Å². The van der Waals surface area contributed by atoms with Crippen LogP contribution in [0.3, 0.4) is 0 Å². The smallest absolute Gasteiger partial charge is 0.246 e. The second kappa shape index (κ2) is 3.00. The predicted octanol–water partition coefficient (Wildman–Crippen LogP) is 2.72. The molecule has 0 aromatic heterocycles. The summed E-state index contributed by atoms with van der Waals surface area (Å²) in [4.78, 5) is 14.8. The van der Waals surface area contributed by atoms with Crippen LogP contribution in [0, 0.1) is 0 Å². The summed E-state index contributed by atoms with van der Waals surface area (Å²) in [6.07, 6.45) is 6.19. The fourth-order valence-corrected chi connectivity index (χ4v) is 6.12. The van der Waals surface area contributed by atoms with E-state index in [1.807, 2.05) is 0 Å². The molecule has 0 bridgehead atoms. The Kier molecular flexibility index (Phi) is 1.98. The van der Waals surface area contributed by atoms with Crippen molar-refractivity contribution in [3.8, 4) is 0 Å². The molecule has 1 atom stereocenters. The lowest BCUT2D eigenvalue weighted by Gasteiger charge is -2.30. The topological polar surface area (TPSA) is 20.3 Å². The van der Waals surface area contributed by atoms with Crippen molar-refractivity contribution < 1.29 is 4.79 Å². The lowest BCUT2D eigenvalue weighted by Crippen LogP contribution is -2.42. The van der Waals surface area contributed by atoms with Gasteiger partial charge in [-0.1, -0.05) is 19.6 Å². The number of carbonyl (C=O) groups excluding carboxylic acids is 1. The third-order valence-corrected chi connectivity index (χ3v) is 6.59. The zero-order chi connectivity index (χ0) is 11.6. The molecule has 1 saturated carbocycles. The summed E-state index contributed by atoms with van der Waals surface area (Å²) in [5, 5.41) is 1.28. The largest absolute Gasteiger partial charge is 0.330 e. The molecule has 3 aliphatic rings. The van der Waals surface area contributed by atoms with Gasteiger partial charge in [0.2, 0.25) is 5.91 Å². The number of hydrogen-bond acceptors (Lipinski definition) is 1. The molecule has 88 valence electrons. The summed E-state index contributed by atoms with van der Waals surface area (Å²) in [5.41, 5.74) is 1.78. The molecule has 1 saturated heterocycles. The Morgan fingerprint density at radius 2 is 1.88 bits per heavy atom. The van der Waals surface area contributed by atoms with Crippen molar-refractivity contribution in [2.45, 2.75) is 57.3 Å². The van der Waals surface area contributed by atoms with E-state index in [1.165, 1.54) is 37.3 Å². The van der Waals surface area contributed by atoms with Crippen LogP contribution in [0.2, 0.25) is 19.6 Å². The van der Waals surface area contributed by atoms with E-state index < -0.39 is 8.07 Å². The van der Waals surface area contributed by atoms with Gasteiger partial charge in [-0.3, -0.25) is 4.79 Å². The molecule has 0 aromatic rings. The van der Waals surface area contributed by atoms with Crippen LogP contribution in [0.4, 0.5) is 0 Å². The van der Waals surface area contributed by atoms with Crippen LogP contribution >= 0.6 is 0 Å². The van der Waals surface area contributed by atoms with Gasteiger partial charge < -0.3 is 4.90 Å². The van der Waals surface area contributed by atoms with Crippen molar-refractivity contribution in [2.24, 2.45) is 0 Å². The van der Waals surface area contributed by atoms with Gasteiger partial charge in [-0.15, -0.1) is 0 Å². The molecule has 2 nitrogen and oxygen atoms in total. The zero-order valence-corrected chi connectivity index (χ0v) is 11.6. The van der Waals surface area contributed by atoms with Gasteiger partial charge in [0.15, 0.2) is 0 Å². The molecule has 1 unspecified atom stereocenters. The highest BCUT2D eigenvalue weighted by atomic mass is 28.3. The van der Waals surface area contributed by atoms with Crippen molar-refractivity contribution in [3.05, 3.63) is 10.8 Å². The van der Waals surface area contributed by atoms with Crippen molar-refractivity contribution >= 4 is 14.0 Å². The molecule has 2 heterocycles. The maximum Gasteiger partial charge on any atom is 0.246 e. The first-order chi connectivity index (χ1) is 7.47. The molecule has 0 N–H and O–H groups in total. The molecule has 3 heteroatoms. The molecule has 1 amide bonds. The summed E-state index contributed by atoms with van der Waals surface area (Å²) in [6, 6.07) is 0. The number of rotatable bonds is 1. The van der Waals surface area contributed by atoms with Crippen LogP contribution in [-0.2, 0) is 4.79 Å². The van der Waals surface area contributed by atoms with Gasteiger partial charge in [0.05, 0.1) is 13.6 Å². The lowest BCUT2D eigenvalue weighted by molar-refractivity contribution is -0.127. The van der Waals surface area contributed by atoms with Gasteiger partial charge in [-0.05, 0) is 37.7 Å². The Morgan fingerprint density at radius 3 is 2.56 bits per heavy atom. The first kappa shape index (κ1) is 10.6. The number of nitrogens with zero attached hydrogens (tertiary/aromatic N) is 1. The van der Waals surface area contributed by atoms with Crippen molar-refractivity contribution in [1.29, 1.82) is 0 Å². The molecule has 2 fully saturated rings. The zero-order valence-electron chi connectivity index (χ0n) is 10.6. The van der Waals surface area contributed by atoms with Crippen LogP contribution in [0.15, 0.2) is 10.8 Å². The Labute approximate surface area is 98.7 Å². The summed E-state index contributed by atoms with van der Waals surface area (Å²) >= 11 is 0. The SMILES string of the molecule is C[Si](C)(C)C1=C2CCCC23CCCN3C1=O. The highest BCUT2D eigenvalue weighted by Gasteiger charge is 2.57. The molecule has 2 aliphatic heterocycles. The predicted molar refractivity (Wildman–Crippen MR) is 67.9 cm³/mol. The standard InChI is InChI=1S/C13H21NOSi/c1-16(2,3)11-10-6-4-7-13(10)8-5-9-14(13)12(11)15/h4-9H2,1-3H3. The van der Waals surface area contributed by atoms with E-state index in [9.17, 15) is 4.79 Å². The fraction of sp³-hybridized carbons (Fsp3) is 0.769. The summed E-state index contributed by atoms with van der Waals surface area (Å²) in [7, 11) is -1.46. The van der Waals surface area contributed by atoms with Crippen molar-refractivity contribution in [2.75, 3.05) is 6.54 Å². The first-order valence-electron chi connectivity index (χ1n) is 6.53. The van der Waals surface area contributed by atoms with E-state index in [-0.39, 0.29) is 5.54 Å². The van der Waals surface area contributed by atoms with Gasteiger partial charge in [0, 0.05) is 11.7 Å². The molecular formula is C13H21NOSi. The molecule has 0 aromatic carbocycles. The second-order valence-electron chi connectivity index (χ2n) is 6.55. The summed E-state index contributed by atoms with van der Waals surface area (Å²) in [6.45, 7) is 7.97. The maximum atomic E-state index is 12.5. The Bertz CT molecular complexity index is 389. The highest BCUT2D eigenvalue weighted by Crippen LogP contribution is 2.54. The minimum Gasteiger partial charge on any atom is -0.330 e. The summed E-state index contributed by atoms with van der Waals surface area (Å²) in [5.74, 6) is 0.409. The average molecular weight is 235 g/mol. The van der Waals surface area contributed by atoms with Gasteiger partial charge >= 0.3 is 0 Å². The minimum absolute atomic E-state index is 0.215. The van der Waals surface area contributed by atoms with E-state index in [1.54, 1.807) is 5.57 Å². The number of carbonyl (C=O) groups is 1. The third-order valence-electron chi connectivity index (χ3n) is 4.58.